The standard InChI is InChI=1S/C21H22N2O4S/c1-4-26-16-11-9-15(10-12-16)23-20(25)17(22(3)21(23)28)13-14-7-6-8-18(19(14)24)27-5-2/h6-13,24H,4-5H2,1-3H3. The van der Waals surface area contributed by atoms with Crippen LogP contribution in [0.4, 0.5) is 5.69 Å². The van der Waals surface area contributed by atoms with Gasteiger partial charge in [-0.2, -0.15) is 0 Å². The Labute approximate surface area is 169 Å². The van der Waals surface area contributed by atoms with Gasteiger partial charge in [0.25, 0.3) is 5.91 Å². The molecule has 0 aliphatic carbocycles. The summed E-state index contributed by atoms with van der Waals surface area (Å²) >= 11 is 5.47. The number of hydrogen-bond donors (Lipinski definition) is 1. The number of phenolic OH excluding ortho intramolecular Hbond substituents is 1. The molecule has 0 bridgehead atoms. The van der Waals surface area contributed by atoms with Crippen LogP contribution < -0.4 is 14.4 Å². The van der Waals surface area contributed by atoms with E-state index >= 15 is 0 Å². The van der Waals surface area contributed by atoms with E-state index < -0.39 is 0 Å². The van der Waals surface area contributed by atoms with Crippen molar-refractivity contribution >= 4 is 35.0 Å². The number of phenols is 1. The van der Waals surface area contributed by atoms with E-state index in [-0.39, 0.29) is 11.7 Å². The third kappa shape index (κ3) is 3.66. The summed E-state index contributed by atoms with van der Waals surface area (Å²) in [6.45, 7) is 4.75. The molecule has 0 unspecified atom stereocenters. The molecule has 1 fully saturated rings. The molecule has 28 heavy (non-hydrogen) atoms. The summed E-state index contributed by atoms with van der Waals surface area (Å²) in [7, 11) is 1.73. The zero-order chi connectivity index (χ0) is 20.3. The van der Waals surface area contributed by atoms with Gasteiger partial charge >= 0.3 is 0 Å². The van der Waals surface area contributed by atoms with Crippen molar-refractivity contribution in [2.75, 3.05) is 25.2 Å². The third-order valence-electron chi connectivity index (χ3n) is 4.29. The van der Waals surface area contributed by atoms with Crippen molar-refractivity contribution < 1.29 is 19.4 Å². The van der Waals surface area contributed by atoms with E-state index in [0.29, 0.717) is 41.0 Å². The molecule has 0 atom stereocenters. The first-order valence-electron chi connectivity index (χ1n) is 8.99. The molecule has 1 aliphatic rings. The van der Waals surface area contributed by atoms with Gasteiger partial charge in [0.2, 0.25) is 0 Å². The van der Waals surface area contributed by atoms with E-state index in [1.54, 1.807) is 60.5 Å². The Kier molecular flexibility index (Phi) is 5.84. The number of carbonyl (C=O) groups is 1. The first kappa shape index (κ1) is 19.7. The first-order valence-corrected chi connectivity index (χ1v) is 9.40. The van der Waals surface area contributed by atoms with Crippen molar-refractivity contribution in [1.29, 1.82) is 0 Å². The Morgan fingerprint density at radius 1 is 1.07 bits per heavy atom. The number of carbonyl (C=O) groups excluding carboxylic acids is 1. The van der Waals surface area contributed by atoms with E-state index in [1.807, 2.05) is 13.8 Å². The van der Waals surface area contributed by atoms with Crippen molar-refractivity contribution in [3.05, 3.63) is 53.7 Å². The number of amides is 1. The number of ether oxygens (including phenoxy) is 2. The van der Waals surface area contributed by atoms with E-state index in [2.05, 4.69) is 0 Å². The SMILES string of the molecule is CCOc1ccc(N2C(=O)C(=Cc3cccc(OCC)c3O)N(C)C2=S)cc1. The first-order chi connectivity index (χ1) is 13.5. The summed E-state index contributed by atoms with van der Waals surface area (Å²) < 4.78 is 10.9. The molecule has 1 aliphatic heterocycles. The summed E-state index contributed by atoms with van der Waals surface area (Å²) in [6.07, 6.45) is 1.61. The molecule has 7 heteroatoms. The minimum atomic E-state index is -0.266. The number of rotatable bonds is 6. The van der Waals surface area contributed by atoms with Crippen LogP contribution in [0.1, 0.15) is 19.4 Å². The fraction of sp³-hybridized carbons (Fsp3) is 0.238. The maximum absolute atomic E-state index is 13.0. The largest absolute Gasteiger partial charge is 0.504 e. The monoisotopic (exact) mass is 398 g/mol. The highest BCUT2D eigenvalue weighted by molar-refractivity contribution is 7.80. The number of hydrogen-bond acceptors (Lipinski definition) is 5. The summed E-state index contributed by atoms with van der Waals surface area (Å²) in [5.74, 6) is 0.822. The highest BCUT2D eigenvalue weighted by atomic mass is 32.1. The summed E-state index contributed by atoms with van der Waals surface area (Å²) in [5.41, 5.74) is 1.50. The lowest BCUT2D eigenvalue weighted by Crippen LogP contribution is -2.31. The summed E-state index contributed by atoms with van der Waals surface area (Å²) in [6, 6.07) is 12.3. The highest BCUT2D eigenvalue weighted by Crippen LogP contribution is 2.34. The van der Waals surface area contributed by atoms with Gasteiger partial charge in [0, 0.05) is 12.6 Å². The maximum Gasteiger partial charge on any atom is 0.281 e. The van der Waals surface area contributed by atoms with Crippen LogP contribution in [-0.4, -0.2) is 41.3 Å². The molecular formula is C21H22N2O4S. The van der Waals surface area contributed by atoms with Gasteiger partial charge in [-0.05, 0) is 62.5 Å². The number of nitrogens with zero attached hydrogens (tertiary/aromatic N) is 2. The summed E-state index contributed by atoms with van der Waals surface area (Å²) in [4.78, 5) is 16.1. The van der Waals surface area contributed by atoms with Crippen LogP contribution in [0.15, 0.2) is 48.2 Å². The van der Waals surface area contributed by atoms with Crippen molar-refractivity contribution in [2.24, 2.45) is 0 Å². The molecule has 1 heterocycles. The lowest BCUT2D eigenvalue weighted by atomic mass is 10.1. The van der Waals surface area contributed by atoms with Gasteiger partial charge in [-0.1, -0.05) is 12.1 Å². The van der Waals surface area contributed by atoms with Crippen LogP contribution in [0.5, 0.6) is 17.2 Å². The predicted molar refractivity (Wildman–Crippen MR) is 113 cm³/mol. The molecular weight excluding hydrogens is 376 g/mol. The highest BCUT2D eigenvalue weighted by Gasteiger charge is 2.37. The Balaban J connectivity index is 1.94. The molecule has 1 N–H and O–H groups in total. The molecule has 1 amide bonds. The lowest BCUT2D eigenvalue weighted by molar-refractivity contribution is -0.114. The number of aromatic hydroxyl groups is 1. The fourth-order valence-corrected chi connectivity index (χ4v) is 3.20. The number of para-hydroxylation sites is 1. The lowest BCUT2D eigenvalue weighted by Gasteiger charge is -2.16. The van der Waals surface area contributed by atoms with Crippen molar-refractivity contribution in [2.45, 2.75) is 13.8 Å². The summed E-state index contributed by atoms with van der Waals surface area (Å²) in [5, 5.41) is 10.8. The molecule has 146 valence electrons. The van der Waals surface area contributed by atoms with Crippen LogP contribution in [0, 0.1) is 0 Å². The second kappa shape index (κ2) is 8.31. The number of benzene rings is 2. The normalized spacial score (nSPS) is 15.5. The number of anilines is 1. The smallest absolute Gasteiger partial charge is 0.281 e. The topological polar surface area (TPSA) is 62.2 Å². The molecule has 0 radical (unpaired) electrons. The van der Waals surface area contributed by atoms with Crippen LogP contribution in [-0.2, 0) is 4.79 Å². The van der Waals surface area contributed by atoms with Gasteiger partial charge < -0.3 is 19.5 Å². The molecule has 6 nitrogen and oxygen atoms in total. The van der Waals surface area contributed by atoms with Gasteiger partial charge in [-0.3, -0.25) is 9.69 Å². The van der Waals surface area contributed by atoms with Gasteiger partial charge in [0.15, 0.2) is 16.6 Å². The number of likely N-dealkylation sites (N-methyl/N-ethyl adjacent to an activating group) is 1. The van der Waals surface area contributed by atoms with Crippen molar-refractivity contribution in [3.63, 3.8) is 0 Å². The molecule has 2 aromatic rings. The van der Waals surface area contributed by atoms with Gasteiger partial charge in [0.05, 0.1) is 18.9 Å². The fourth-order valence-electron chi connectivity index (χ4n) is 2.92. The Bertz CT molecular complexity index is 925. The van der Waals surface area contributed by atoms with E-state index in [1.165, 1.54) is 4.90 Å². The Morgan fingerprint density at radius 2 is 1.75 bits per heavy atom. The predicted octanol–water partition coefficient (Wildman–Crippen LogP) is 3.79. The minimum absolute atomic E-state index is 0.0107. The van der Waals surface area contributed by atoms with Crippen LogP contribution in [0.3, 0.4) is 0 Å². The number of thiocarbonyl (C=S) groups is 1. The van der Waals surface area contributed by atoms with E-state index in [4.69, 9.17) is 21.7 Å². The average molecular weight is 398 g/mol. The molecule has 0 aromatic heterocycles. The van der Waals surface area contributed by atoms with Crippen LogP contribution >= 0.6 is 12.2 Å². The Hall–Kier alpha value is -3.06. The van der Waals surface area contributed by atoms with Crippen LogP contribution in [0.2, 0.25) is 0 Å². The minimum Gasteiger partial charge on any atom is -0.504 e. The van der Waals surface area contributed by atoms with Gasteiger partial charge in [-0.15, -0.1) is 0 Å². The van der Waals surface area contributed by atoms with Gasteiger partial charge in [-0.25, -0.2) is 0 Å². The molecule has 0 saturated carbocycles. The molecule has 3 rings (SSSR count). The molecule has 1 saturated heterocycles. The van der Waals surface area contributed by atoms with Crippen molar-refractivity contribution in [3.8, 4) is 17.2 Å². The van der Waals surface area contributed by atoms with E-state index in [9.17, 15) is 9.90 Å². The quantitative estimate of drug-likeness (QED) is 0.590. The molecule has 2 aromatic carbocycles. The van der Waals surface area contributed by atoms with Crippen molar-refractivity contribution in [1.82, 2.24) is 4.90 Å². The molecule has 0 spiro atoms. The zero-order valence-electron chi connectivity index (χ0n) is 16.0. The zero-order valence-corrected chi connectivity index (χ0v) is 16.8. The Morgan fingerprint density at radius 3 is 2.39 bits per heavy atom. The average Bonchev–Trinajstić information content (AvgIpc) is 2.89. The maximum atomic E-state index is 13.0. The second-order valence-electron chi connectivity index (χ2n) is 6.07. The van der Waals surface area contributed by atoms with Gasteiger partial charge in [0.1, 0.15) is 11.4 Å². The second-order valence-corrected chi connectivity index (χ2v) is 6.43. The van der Waals surface area contributed by atoms with Crippen LogP contribution in [0.25, 0.3) is 6.08 Å². The van der Waals surface area contributed by atoms with E-state index in [0.717, 1.165) is 5.75 Å². The third-order valence-corrected chi connectivity index (χ3v) is 4.75.